The molecule has 1 aromatic carbocycles. The number of anilines is 1. The quantitative estimate of drug-likeness (QED) is 0.814. The number of pyridine rings is 1. The monoisotopic (exact) mass is 253 g/mol. The summed E-state index contributed by atoms with van der Waals surface area (Å²) in [5, 5.41) is 5.67. The first kappa shape index (κ1) is 12.2. The predicted molar refractivity (Wildman–Crippen MR) is 80.4 cm³/mol. The van der Waals surface area contributed by atoms with E-state index in [0.717, 1.165) is 35.5 Å². The summed E-state index contributed by atoms with van der Waals surface area (Å²) in [5.74, 6) is 1.59. The lowest BCUT2D eigenvalue weighted by molar-refractivity contribution is 0.500. The lowest BCUT2D eigenvalue weighted by Gasteiger charge is -2.19. The van der Waals surface area contributed by atoms with Crippen LogP contribution < -0.4 is 5.43 Å². The molecule has 1 saturated carbocycles. The van der Waals surface area contributed by atoms with E-state index in [1.807, 2.05) is 24.3 Å². The minimum absolute atomic E-state index is 0.763. The number of hydrogen-bond acceptors (Lipinski definition) is 3. The fourth-order valence-electron chi connectivity index (χ4n) is 2.63. The summed E-state index contributed by atoms with van der Waals surface area (Å²) in [6.45, 7) is 2.29. The Morgan fingerprint density at radius 1 is 1.21 bits per heavy atom. The van der Waals surface area contributed by atoms with E-state index in [4.69, 9.17) is 0 Å². The van der Waals surface area contributed by atoms with E-state index in [2.05, 4.69) is 34.6 Å². The number of rotatable bonds is 2. The van der Waals surface area contributed by atoms with Crippen LogP contribution in [0.25, 0.3) is 10.9 Å². The highest BCUT2D eigenvalue weighted by Crippen LogP contribution is 2.21. The highest BCUT2D eigenvalue weighted by molar-refractivity contribution is 5.86. The zero-order valence-corrected chi connectivity index (χ0v) is 11.3. The molecular formula is C16H19N3. The number of fused-ring (bicyclic) bond motifs is 1. The van der Waals surface area contributed by atoms with Gasteiger partial charge in [-0.2, -0.15) is 5.10 Å². The zero-order chi connectivity index (χ0) is 13.1. The zero-order valence-electron chi connectivity index (χ0n) is 11.3. The highest BCUT2D eigenvalue weighted by Gasteiger charge is 2.13. The van der Waals surface area contributed by atoms with Crippen LogP contribution in [0.4, 0.5) is 5.82 Å². The van der Waals surface area contributed by atoms with Gasteiger partial charge >= 0.3 is 0 Å². The molecule has 0 aliphatic heterocycles. The molecule has 19 heavy (non-hydrogen) atoms. The average molecular weight is 253 g/mol. The summed E-state index contributed by atoms with van der Waals surface area (Å²) < 4.78 is 0. The number of hydrazone groups is 1. The number of aromatic nitrogens is 1. The fourth-order valence-corrected chi connectivity index (χ4v) is 2.63. The molecule has 0 saturated heterocycles. The number of benzene rings is 1. The van der Waals surface area contributed by atoms with Crippen LogP contribution in [0.2, 0.25) is 0 Å². The molecule has 0 amide bonds. The minimum Gasteiger partial charge on any atom is -0.261 e. The molecule has 0 bridgehead atoms. The van der Waals surface area contributed by atoms with Crippen molar-refractivity contribution < 1.29 is 0 Å². The summed E-state index contributed by atoms with van der Waals surface area (Å²) in [6, 6.07) is 12.2. The molecule has 3 heteroatoms. The van der Waals surface area contributed by atoms with Gasteiger partial charge in [-0.15, -0.1) is 0 Å². The van der Waals surface area contributed by atoms with Crippen molar-refractivity contribution in [2.24, 2.45) is 11.0 Å². The fraction of sp³-hybridized carbons (Fsp3) is 0.375. The molecule has 0 radical (unpaired) electrons. The van der Waals surface area contributed by atoms with E-state index in [1.54, 1.807) is 0 Å². The topological polar surface area (TPSA) is 37.3 Å². The lowest BCUT2D eigenvalue weighted by Crippen LogP contribution is -2.14. The molecule has 2 aromatic rings. The van der Waals surface area contributed by atoms with Crippen LogP contribution in [0.1, 0.15) is 32.6 Å². The standard InChI is InChI=1S/C16H19N3/c1-12-5-4-7-14(11-12)18-19-16-10-9-13-6-2-3-8-15(13)17-16/h2-3,6,8-10,12H,4-5,7,11H2,1H3,(H,17,19)/b18-14-. The molecule has 1 aromatic heterocycles. The molecule has 1 fully saturated rings. The first-order valence-electron chi connectivity index (χ1n) is 6.98. The summed E-state index contributed by atoms with van der Waals surface area (Å²) in [6.07, 6.45) is 4.81. The van der Waals surface area contributed by atoms with Gasteiger partial charge in [-0.3, -0.25) is 5.43 Å². The molecule has 1 aliphatic rings. The first-order valence-corrected chi connectivity index (χ1v) is 6.98. The van der Waals surface area contributed by atoms with Crippen LogP contribution in [-0.4, -0.2) is 10.7 Å². The second-order valence-electron chi connectivity index (χ2n) is 5.38. The summed E-state index contributed by atoms with van der Waals surface area (Å²) in [4.78, 5) is 4.56. The van der Waals surface area contributed by atoms with Crippen molar-refractivity contribution in [2.75, 3.05) is 5.43 Å². The van der Waals surface area contributed by atoms with Crippen LogP contribution in [0.5, 0.6) is 0 Å². The summed E-state index contributed by atoms with van der Waals surface area (Å²) in [7, 11) is 0. The average Bonchev–Trinajstić information content (AvgIpc) is 2.45. The molecule has 1 heterocycles. The highest BCUT2D eigenvalue weighted by atomic mass is 15.3. The molecule has 98 valence electrons. The second kappa shape index (κ2) is 5.39. The van der Waals surface area contributed by atoms with Gasteiger partial charge in [0.2, 0.25) is 0 Å². The maximum Gasteiger partial charge on any atom is 0.146 e. The molecule has 1 atom stereocenters. The SMILES string of the molecule is CC1CCC/C(=N/Nc2ccc3ccccc3n2)C1. The van der Waals surface area contributed by atoms with Gasteiger partial charge in [0, 0.05) is 11.1 Å². The Bertz CT molecular complexity index is 604. The predicted octanol–water partition coefficient (Wildman–Crippen LogP) is 4.21. The van der Waals surface area contributed by atoms with Gasteiger partial charge in [-0.1, -0.05) is 25.1 Å². The van der Waals surface area contributed by atoms with Gasteiger partial charge in [0.05, 0.1) is 5.52 Å². The van der Waals surface area contributed by atoms with Gasteiger partial charge in [0.15, 0.2) is 0 Å². The van der Waals surface area contributed by atoms with Gasteiger partial charge in [-0.05, 0) is 49.8 Å². The minimum atomic E-state index is 0.763. The van der Waals surface area contributed by atoms with Crippen molar-refractivity contribution in [1.82, 2.24) is 4.98 Å². The molecule has 3 nitrogen and oxygen atoms in total. The Morgan fingerprint density at radius 3 is 3.00 bits per heavy atom. The molecular weight excluding hydrogens is 234 g/mol. The van der Waals surface area contributed by atoms with Crippen LogP contribution in [0.3, 0.4) is 0 Å². The second-order valence-corrected chi connectivity index (χ2v) is 5.38. The smallest absolute Gasteiger partial charge is 0.146 e. The van der Waals surface area contributed by atoms with Gasteiger partial charge in [-0.25, -0.2) is 4.98 Å². The van der Waals surface area contributed by atoms with Gasteiger partial charge in [0.1, 0.15) is 5.82 Å². The Kier molecular flexibility index (Phi) is 3.45. The van der Waals surface area contributed by atoms with E-state index < -0.39 is 0 Å². The van der Waals surface area contributed by atoms with E-state index in [0.29, 0.717) is 0 Å². The Balaban J connectivity index is 1.76. The third-order valence-electron chi connectivity index (χ3n) is 3.67. The third-order valence-corrected chi connectivity index (χ3v) is 3.67. The van der Waals surface area contributed by atoms with Crippen LogP contribution in [-0.2, 0) is 0 Å². The Hall–Kier alpha value is -1.90. The molecule has 1 aliphatic carbocycles. The number of hydrogen-bond donors (Lipinski definition) is 1. The Labute approximate surface area is 113 Å². The number of para-hydroxylation sites is 1. The summed E-state index contributed by atoms with van der Waals surface area (Å²) in [5.41, 5.74) is 5.38. The van der Waals surface area contributed by atoms with Crippen molar-refractivity contribution in [3.05, 3.63) is 36.4 Å². The third kappa shape index (κ3) is 2.92. The van der Waals surface area contributed by atoms with Crippen molar-refractivity contribution in [1.29, 1.82) is 0 Å². The maximum absolute atomic E-state index is 4.56. The van der Waals surface area contributed by atoms with Crippen LogP contribution in [0.15, 0.2) is 41.5 Å². The molecule has 1 unspecified atom stereocenters. The van der Waals surface area contributed by atoms with Crippen molar-refractivity contribution in [3.63, 3.8) is 0 Å². The van der Waals surface area contributed by atoms with E-state index in [9.17, 15) is 0 Å². The number of nitrogens with one attached hydrogen (secondary N) is 1. The van der Waals surface area contributed by atoms with E-state index in [-0.39, 0.29) is 0 Å². The molecule has 3 rings (SSSR count). The van der Waals surface area contributed by atoms with Crippen molar-refractivity contribution in [3.8, 4) is 0 Å². The largest absolute Gasteiger partial charge is 0.261 e. The molecule has 0 spiro atoms. The van der Waals surface area contributed by atoms with Crippen LogP contribution in [0, 0.1) is 5.92 Å². The van der Waals surface area contributed by atoms with Gasteiger partial charge < -0.3 is 0 Å². The maximum atomic E-state index is 4.56. The van der Waals surface area contributed by atoms with Crippen molar-refractivity contribution in [2.45, 2.75) is 32.6 Å². The molecule has 1 N–H and O–H groups in total. The normalized spacial score (nSPS) is 21.7. The number of nitrogens with zero attached hydrogens (tertiary/aromatic N) is 2. The first-order chi connectivity index (χ1) is 9.31. The Morgan fingerprint density at radius 2 is 2.11 bits per heavy atom. The summed E-state index contributed by atoms with van der Waals surface area (Å²) >= 11 is 0. The van der Waals surface area contributed by atoms with E-state index in [1.165, 1.54) is 18.6 Å². The van der Waals surface area contributed by atoms with Gasteiger partial charge in [0.25, 0.3) is 0 Å². The van der Waals surface area contributed by atoms with E-state index >= 15 is 0 Å². The van der Waals surface area contributed by atoms with Crippen LogP contribution >= 0.6 is 0 Å². The lowest BCUT2D eigenvalue weighted by atomic mass is 9.89. The van der Waals surface area contributed by atoms with Crippen molar-refractivity contribution >= 4 is 22.4 Å².